The van der Waals surface area contributed by atoms with Crippen molar-refractivity contribution in [3.8, 4) is 11.5 Å². The summed E-state index contributed by atoms with van der Waals surface area (Å²) in [4.78, 5) is 12.9. The minimum Gasteiger partial charge on any atom is -0.486 e. The molecular weight excluding hydrogens is 270 g/mol. The number of fused-ring (bicyclic) bond motifs is 1. The van der Waals surface area contributed by atoms with Gasteiger partial charge in [0.05, 0.1) is 0 Å². The lowest BCUT2D eigenvalue weighted by Gasteiger charge is -2.31. The van der Waals surface area contributed by atoms with Crippen LogP contribution in [0.2, 0.25) is 0 Å². The highest BCUT2D eigenvalue weighted by molar-refractivity contribution is 5.66. The van der Waals surface area contributed by atoms with Crippen molar-refractivity contribution in [1.29, 1.82) is 0 Å². The molecule has 0 bridgehead atoms. The number of carboxylic acid groups (broad SMARTS) is 1. The van der Waals surface area contributed by atoms with E-state index in [1.807, 2.05) is 24.3 Å². The fourth-order valence-electron chi connectivity index (χ4n) is 2.51. The predicted molar refractivity (Wildman–Crippen MR) is 80.0 cm³/mol. The quantitative estimate of drug-likeness (QED) is 0.797. The summed E-state index contributed by atoms with van der Waals surface area (Å²) in [6.45, 7) is 5.15. The van der Waals surface area contributed by atoms with Crippen LogP contribution in [0.15, 0.2) is 24.3 Å². The Balaban J connectivity index is 1.84. The fourth-order valence-corrected chi connectivity index (χ4v) is 2.51. The number of aliphatic carboxylic acids is 1. The largest absolute Gasteiger partial charge is 0.486 e. The van der Waals surface area contributed by atoms with Gasteiger partial charge in [0.1, 0.15) is 12.7 Å². The molecule has 1 N–H and O–H groups in total. The molecule has 1 aliphatic rings. The van der Waals surface area contributed by atoms with Crippen molar-refractivity contribution in [2.45, 2.75) is 32.3 Å². The highest BCUT2D eigenvalue weighted by Crippen LogP contribution is 2.31. The van der Waals surface area contributed by atoms with E-state index in [2.05, 4.69) is 11.8 Å². The van der Waals surface area contributed by atoms with Gasteiger partial charge in [0.2, 0.25) is 0 Å². The molecule has 2 rings (SSSR count). The number of hydrogen-bond acceptors (Lipinski definition) is 4. The van der Waals surface area contributed by atoms with Gasteiger partial charge in [0.15, 0.2) is 11.5 Å². The maximum Gasteiger partial charge on any atom is 0.303 e. The number of benzene rings is 1. The van der Waals surface area contributed by atoms with Crippen LogP contribution < -0.4 is 9.47 Å². The topological polar surface area (TPSA) is 59.0 Å². The molecule has 0 saturated heterocycles. The maximum absolute atomic E-state index is 10.6. The molecule has 0 radical (unpaired) electrons. The van der Waals surface area contributed by atoms with Gasteiger partial charge < -0.3 is 14.6 Å². The summed E-state index contributed by atoms with van der Waals surface area (Å²) in [6.07, 6.45) is 1.92. The van der Waals surface area contributed by atoms with Crippen LogP contribution in [0.1, 0.15) is 26.2 Å². The Morgan fingerprint density at radius 3 is 2.81 bits per heavy atom. The van der Waals surface area contributed by atoms with Gasteiger partial charge in [-0.25, -0.2) is 0 Å². The van der Waals surface area contributed by atoms with Crippen LogP contribution >= 0.6 is 0 Å². The molecule has 5 heteroatoms. The third kappa shape index (κ3) is 4.93. The summed E-state index contributed by atoms with van der Waals surface area (Å²) < 4.78 is 11.7. The highest BCUT2D eigenvalue weighted by Gasteiger charge is 2.22. The first-order valence-electron chi connectivity index (χ1n) is 7.51. The van der Waals surface area contributed by atoms with E-state index in [1.165, 1.54) is 0 Å². The Morgan fingerprint density at radius 2 is 2.10 bits per heavy atom. The Morgan fingerprint density at radius 1 is 1.33 bits per heavy atom. The summed E-state index contributed by atoms with van der Waals surface area (Å²) in [5.41, 5.74) is 0. The van der Waals surface area contributed by atoms with Gasteiger partial charge in [-0.3, -0.25) is 9.69 Å². The van der Waals surface area contributed by atoms with E-state index >= 15 is 0 Å². The number of carbonyl (C=O) groups is 1. The fraction of sp³-hybridized carbons (Fsp3) is 0.562. The number of hydrogen-bond donors (Lipinski definition) is 1. The van der Waals surface area contributed by atoms with Gasteiger partial charge >= 0.3 is 5.97 Å². The molecule has 21 heavy (non-hydrogen) atoms. The molecule has 1 aliphatic heterocycles. The lowest BCUT2D eigenvalue weighted by Crippen LogP contribution is -2.41. The zero-order valence-corrected chi connectivity index (χ0v) is 12.5. The van der Waals surface area contributed by atoms with Gasteiger partial charge in [-0.2, -0.15) is 0 Å². The van der Waals surface area contributed by atoms with E-state index in [0.29, 0.717) is 13.0 Å². The standard InChI is InChI=1S/C16H23NO4/c1-2-9-17(10-5-8-16(18)19)11-13-12-20-14-6-3-4-7-15(14)21-13/h3-4,6-7,13H,2,5,8-12H2,1H3,(H,18,19). The maximum atomic E-state index is 10.6. The summed E-state index contributed by atoms with van der Waals surface area (Å²) >= 11 is 0. The Kier molecular flexibility index (Phi) is 5.87. The van der Waals surface area contributed by atoms with E-state index in [9.17, 15) is 4.79 Å². The van der Waals surface area contributed by atoms with E-state index in [-0.39, 0.29) is 12.5 Å². The Bertz CT molecular complexity index is 463. The van der Waals surface area contributed by atoms with Gasteiger partial charge in [-0.05, 0) is 38.1 Å². The SMILES string of the molecule is CCCN(CCCC(=O)O)CC1COc2ccccc2O1. The smallest absolute Gasteiger partial charge is 0.303 e. The third-order valence-electron chi connectivity index (χ3n) is 3.43. The molecule has 1 aromatic carbocycles. The molecule has 1 atom stereocenters. The Labute approximate surface area is 125 Å². The van der Waals surface area contributed by atoms with Crippen LogP contribution in [0.3, 0.4) is 0 Å². The average Bonchev–Trinajstić information content (AvgIpc) is 2.47. The van der Waals surface area contributed by atoms with Gasteiger partial charge in [-0.15, -0.1) is 0 Å². The van der Waals surface area contributed by atoms with E-state index < -0.39 is 5.97 Å². The van der Waals surface area contributed by atoms with Crippen molar-refractivity contribution < 1.29 is 19.4 Å². The molecule has 0 aliphatic carbocycles. The van der Waals surface area contributed by atoms with Gasteiger partial charge in [0, 0.05) is 13.0 Å². The molecule has 1 heterocycles. The number of ether oxygens (including phenoxy) is 2. The normalized spacial score (nSPS) is 17.0. The van der Waals surface area contributed by atoms with Crippen LogP contribution in [0.5, 0.6) is 11.5 Å². The van der Waals surface area contributed by atoms with E-state index in [0.717, 1.165) is 37.6 Å². The first kappa shape index (κ1) is 15.6. The second-order valence-corrected chi connectivity index (χ2v) is 5.30. The molecule has 0 amide bonds. The molecule has 0 spiro atoms. The summed E-state index contributed by atoms with van der Waals surface area (Å²) in [5.74, 6) is 0.843. The van der Waals surface area contributed by atoms with Crippen molar-refractivity contribution in [1.82, 2.24) is 4.90 Å². The first-order chi connectivity index (χ1) is 10.2. The number of carboxylic acids is 1. The Hall–Kier alpha value is -1.75. The molecule has 116 valence electrons. The van der Waals surface area contributed by atoms with Crippen LogP contribution in [-0.4, -0.2) is 48.3 Å². The number of rotatable bonds is 8. The minimum atomic E-state index is -0.738. The molecule has 0 aromatic heterocycles. The van der Waals surface area contributed by atoms with Crippen molar-refractivity contribution in [2.75, 3.05) is 26.2 Å². The molecule has 5 nitrogen and oxygen atoms in total. The minimum absolute atomic E-state index is 0.00345. The van der Waals surface area contributed by atoms with Crippen LogP contribution in [-0.2, 0) is 4.79 Å². The summed E-state index contributed by atoms with van der Waals surface area (Å²) in [6, 6.07) is 7.68. The van der Waals surface area contributed by atoms with Crippen molar-refractivity contribution in [3.05, 3.63) is 24.3 Å². The number of para-hydroxylation sites is 2. The third-order valence-corrected chi connectivity index (χ3v) is 3.43. The zero-order chi connectivity index (χ0) is 15.1. The van der Waals surface area contributed by atoms with Gasteiger partial charge in [0.25, 0.3) is 0 Å². The van der Waals surface area contributed by atoms with Crippen molar-refractivity contribution in [3.63, 3.8) is 0 Å². The average molecular weight is 293 g/mol. The molecule has 0 saturated carbocycles. The lowest BCUT2D eigenvalue weighted by atomic mass is 10.2. The second kappa shape index (κ2) is 7.88. The molecule has 1 aromatic rings. The molecular formula is C16H23NO4. The summed E-state index contributed by atoms with van der Waals surface area (Å²) in [5, 5.41) is 8.72. The van der Waals surface area contributed by atoms with Crippen LogP contribution in [0.4, 0.5) is 0 Å². The lowest BCUT2D eigenvalue weighted by molar-refractivity contribution is -0.137. The number of nitrogens with zero attached hydrogens (tertiary/aromatic N) is 1. The molecule has 0 fully saturated rings. The monoisotopic (exact) mass is 293 g/mol. The van der Waals surface area contributed by atoms with Crippen molar-refractivity contribution in [2.24, 2.45) is 0 Å². The predicted octanol–water partition coefficient (Wildman–Crippen LogP) is 2.40. The first-order valence-corrected chi connectivity index (χ1v) is 7.51. The van der Waals surface area contributed by atoms with Crippen LogP contribution in [0, 0.1) is 0 Å². The second-order valence-electron chi connectivity index (χ2n) is 5.30. The van der Waals surface area contributed by atoms with E-state index in [1.54, 1.807) is 0 Å². The van der Waals surface area contributed by atoms with Gasteiger partial charge in [-0.1, -0.05) is 19.1 Å². The van der Waals surface area contributed by atoms with Crippen LogP contribution in [0.25, 0.3) is 0 Å². The zero-order valence-electron chi connectivity index (χ0n) is 12.5. The summed E-state index contributed by atoms with van der Waals surface area (Å²) in [7, 11) is 0. The highest BCUT2D eigenvalue weighted by atomic mass is 16.6. The van der Waals surface area contributed by atoms with E-state index in [4.69, 9.17) is 14.6 Å². The van der Waals surface area contributed by atoms with Crippen molar-refractivity contribution >= 4 is 5.97 Å². The molecule has 1 unspecified atom stereocenters.